The van der Waals surface area contributed by atoms with Gasteiger partial charge in [-0.2, -0.15) is 0 Å². The van der Waals surface area contributed by atoms with Crippen molar-refractivity contribution < 1.29 is 9.47 Å². The van der Waals surface area contributed by atoms with Crippen molar-refractivity contribution in [3.8, 4) is 11.5 Å². The first-order chi connectivity index (χ1) is 13.5. The van der Waals surface area contributed by atoms with Crippen LogP contribution in [0.25, 0.3) is 0 Å². The standard InChI is InChI=1S/C22H32N4O2.HI/c1-23-22(24-16-18-7-10-19(11-8-18)25(2)3)26(4)14-13-17-9-12-20(27-5)21(15-17)28-6;/h7-12,15H,13-14,16H2,1-6H3,(H,23,24);1H. The molecule has 7 heteroatoms. The van der Waals surface area contributed by atoms with Gasteiger partial charge in [-0.15, -0.1) is 24.0 Å². The van der Waals surface area contributed by atoms with E-state index in [2.05, 4.69) is 50.4 Å². The molecule has 160 valence electrons. The lowest BCUT2D eigenvalue weighted by molar-refractivity contribution is 0.354. The molecule has 0 amide bonds. The Hall–Kier alpha value is -2.16. The number of nitrogens with one attached hydrogen (secondary N) is 1. The van der Waals surface area contributed by atoms with Crippen LogP contribution >= 0.6 is 24.0 Å². The Balaban J connectivity index is 0.00000420. The number of guanidine groups is 1. The van der Waals surface area contributed by atoms with Crippen LogP contribution in [0.15, 0.2) is 47.5 Å². The quantitative estimate of drug-likeness (QED) is 0.333. The van der Waals surface area contributed by atoms with Crippen molar-refractivity contribution in [2.24, 2.45) is 4.99 Å². The van der Waals surface area contributed by atoms with E-state index in [1.165, 1.54) is 16.8 Å². The Labute approximate surface area is 191 Å². The minimum Gasteiger partial charge on any atom is -0.493 e. The second-order valence-corrected chi connectivity index (χ2v) is 6.82. The normalized spacial score (nSPS) is 10.8. The van der Waals surface area contributed by atoms with Crippen LogP contribution in [0.1, 0.15) is 11.1 Å². The van der Waals surface area contributed by atoms with Gasteiger partial charge in [0, 0.05) is 47.0 Å². The highest BCUT2D eigenvalue weighted by atomic mass is 127. The fourth-order valence-corrected chi connectivity index (χ4v) is 2.92. The molecule has 0 radical (unpaired) electrons. The van der Waals surface area contributed by atoms with Crippen LogP contribution in [0.4, 0.5) is 5.69 Å². The summed E-state index contributed by atoms with van der Waals surface area (Å²) in [6, 6.07) is 14.6. The zero-order chi connectivity index (χ0) is 20.5. The minimum absolute atomic E-state index is 0. The SMILES string of the molecule is CN=C(NCc1ccc(N(C)C)cc1)N(C)CCc1ccc(OC)c(OC)c1.I. The summed E-state index contributed by atoms with van der Waals surface area (Å²) < 4.78 is 10.7. The third kappa shape index (κ3) is 7.30. The molecule has 6 nitrogen and oxygen atoms in total. The van der Waals surface area contributed by atoms with E-state index in [0.29, 0.717) is 0 Å². The number of benzene rings is 2. The third-order valence-electron chi connectivity index (χ3n) is 4.66. The van der Waals surface area contributed by atoms with Gasteiger partial charge >= 0.3 is 0 Å². The molecule has 0 heterocycles. The molecule has 0 aliphatic heterocycles. The zero-order valence-corrected chi connectivity index (χ0v) is 20.6. The van der Waals surface area contributed by atoms with Crippen molar-refractivity contribution in [3.63, 3.8) is 0 Å². The lowest BCUT2D eigenvalue weighted by Crippen LogP contribution is -2.39. The van der Waals surface area contributed by atoms with E-state index in [1.807, 2.05) is 40.3 Å². The van der Waals surface area contributed by atoms with Gasteiger partial charge in [0.05, 0.1) is 14.2 Å². The Morgan fingerprint density at radius 3 is 2.10 bits per heavy atom. The highest BCUT2D eigenvalue weighted by Crippen LogP contribution is 2.27. The van der Waals surface area contributed by atoms with Gasteiger partial charge < -0.3 is 24.6 Å². The molecule has 29 heavy (non-hydrogen) atoms. The van der Waals surface area contributed by atoms with Gasteiger partial charge in [0.1, 0.15) is 0 Å². The molecular weight excluding hydrogens is 479 g/mol. The maximum Gasteiger partial charge on any atom is 0.193 e. The van der Waals surface area contributed by atoms with E-state index in [9.17, 15) is 0 Å². The van der Waals surface area contributed by atoms with E-state index in [1.54, 1.807) is 14.2 Å². The number of hydrogen-bond donors (Lipinski definition) is 1. The summed E-state index contributed by atoms with van der Waals surface area (Å²) in [7, 11) is 11.3. The summed E-state index contributed by atoms with van der Waals surface area (Å²) in [6.45, 7) is 1.58. The fraction of sp³-hybridized carbons (Fsp3) is 0.409. The summed E-state index contributed by atoms with van der Waals surface area (Å²) in [5.74, 6) is 2.38. The molecule has 0 fully saturated rings. The van der Waals surface area contributed by atoms with Crippen molar-refractivity contribution in [2.75, 3.05) is 53.9 Å². The van der Waals surface area contributed by atoms with E-state index in [0.717, 1.165) is 37.0 Å². The van der Waals surface area contributed by atoms with Crippen LogP contribution in [0.2, 0.25) is 0 Å². The summed E-state index contributed by atoms with van der Waals surface area (Å²) in [5.41, 5.74) is 3.61. The van der Waals surface area contributed by atoms with Crippen molar-refractivity contribution >= 4 is 35.6 Å². The first-order valence-corrected chi connectivity index (χ1v) is 9.37. The molecule has 0 bridgehead atoms. The predicted octanol–water partition coefficient (Wildman–Crippen LogP) is 3.64. The molecule has 1 N–H and O–H groups in total. The van der Waals surface area contributed by atoms with Crippen LogP contribution in [0.3, 0.4) is 0 Å². The van der Waals surface area contributed by atoms with Crippen molar-refractivity contribution in [1.29, 1.82) is 0 Å². The van der Waals surface area contributed by atoms with E-state index < -0.39 is 0 Å². The molecule has 2 aromatic carbocycles. The first kappa shape index (κ1) is 24.9. The molecule has 0 aliphatic carbocycles. The predicted molar refractivity (Wildman–Crippen MR) is 132 cm³/mol. The number of anilines is 1. The summed E-state index contributed by atoms with van der Waals surface area (Å²) in [6.07, 6.45) is 0.884. The second-order valence-electron chi connectivity index (χ2n) is 6.82. The number of ether oxygens (including phenoxy) is 2. The monoisotopic (exact) mass is 512 g/mol. The Kier molecular flexibility index (Phi) is 10.6. The molecule has 0 saturated carbocycles. The van der Waals surface area contributed by atoms with Crippen molar-refractivity contribution in [3.05, 3.63) is 53.6 Å². The largest absolute Gasteiger partial charge is 0.493 e. The Bertz CT molecular complexity index is 779. The molecular formula is C22H33IN4O2. The number of methoxy groups -OCH3 is 2. The summed E-state index contributed by atoms with van der Waals surface area (Å²) in [5, 5.41) is 3.43. The van der Waals surface area contributed by atoms with Crippen LogP contribution in [-0.4, -0.2) is 59.8 Å². The Morgan fingerprint density at radius 2 is 1.55 bits per heavy atom. The fourth-order valence-electron chi connectivity index (χ4n) is 2.92. The van der Waals surface area contributed by atoms with Gasteiger partial charge in [0.2, 0.25) is 0 Å². The molecule has 2 aromatic rings. The van der Waals surface area contributed by atoms with Gasteiger partial charge in [-0.05, 0) is 41.8 Å². The molecule has 2 rings (SSSR count). The smallest absolute Gasteiger partial charge is 0.193 e. The van der Waals surface area contributed by atoms with Gasteiger partial charge in [0.25, 0.3) is 0 Å². The number of aliphatic imine (C=N–C) groups is 1. The average molecular weight is 512 g/mol. The number of likely N-dealkylation sites (N-methyl/N-ethyl adjacent to an activating group) is 1. The summed E-state index contributed by atoms with van der Waals surface area (Å²) >= 11 is 0. The van der Waals surface area contributed by atoms with Crippen molar-refractivity contribution in [2.45, 2.75) is 13.0 Å². The van der Waals surface area contributed by atoms with Crippen LogP contribution in [-0.2, 0) is 13.0 Å². The average Bonchev–Trinajstić information content (AvgIpc) is 2.72. The lowest BCUT2D eigenvalue weighted by atomic mass is 10.1. The van der Waals surface area contributed by atoms with Gasteiger partial charge in [-0.25, -0.2) is 0 Å². The lowest BCUT2D eigenvalue weighted by Gasteiger charge is -2.22. The highest BCUT2D eigenvalue weighted by molar-refractivity contribution is 14.0. The van der Waals surface area contributed by atoms with Crippen LogP contribution in [0.5, 0.6) is 11.5 Å². The molecule has 0 aliphatic rings. The van der Waals surface area contributed by atoms with Crippen LogP contribution in [0, 0.1) is 0 Å². The van der Waals surface area contributed by atoms with Crippen LogP contribution < -0.4 is 19.7 Å². The van der Waals surface area contributed by atoms with E-state index in [-0.39, 0.29) is 24.0 Å². The van der Waals surface area contributed by atoms with E-state index in [4.69, 9.17) is 9.47 Å². The number of hydrogen-bond acceptors (Lipinski definition) is 4. The zero-order valence-electron chi connectivity index (χ0n) is 18.2. The van der Waals surface area contributed by atoms with Gasteiger partial charge in [-0.3, -0.25) is 4.99 Å². The number of rotatable bonds is 8. The maximum absolute atomic E-state index is 5.39. The van der Waals surface area contributed by atoms with Gasteiger partial charge in [0.15, 0.2) is 17.5 Å². The number of nitrogens with zero attached hydrogens (tertiary/aromatic N) is 3. The number of halogens is 1. The van der Waals surface area contributed by atoms with Crippen molar-refractivity contribution in [1.82, 2.24) is 10.2 Å². The highest BCUT2D eigenvalue weighted by Gasteiger charge is 2.09. The first-order valence-electron chi connectivity index (χ1n) is 9.37. The topological polar surface area (TPSA) is 49.3 Å². The molecule has 0 atom stereocenters. The third-order valence-corrected chi connectivity index (χ3v) is 4.66. The molecule has 0 saturated heterocycles. The van der Waals surface area contributed by atoms with E-state index >= 15 is 0 Å². The van der Waals surface area contributed by atoms with Gasteiger partial charge in [-0.1, -0.05) is 18.2 Å². The summed E-state index contributed by atoms with van der Waals surface area (Å²) in [4.78, 5) is 8.63. The minimum atomic E-state index is 0. The second kappa shape index (κ2) is 12.4. The maximum atomic E-state index is 5.39. The molecule has 0 unspecified atom stereocenters. The molecule has 0 aromatic heterocycles. The molecule has 0 spiro atoms. The Morgan fingerprint density at radius 1 is 0.931 bits per heavy atom.